The molecule has 8 nitrogen and oxygen atoms in total. The molecule has 1 N–H and O–H groups in total. The van der Waals surface area contributed by atoms with Crippen molar-refractivity contribution in [3.05, 3.63) is 48.2 Å². The molecule has 2 aromatic heterocycles. The molecule has 178 valence electrons. The molecular formula is C26H32N6O2. The molecule has 2 heterocycles. The van der Waals surface area contributed by atoms with Crippen molar-refractivity contribution in [3.8, 4) is 11.4 Å². The van der Waals surface area contributed by atoms with Gasteiger partial charge in [0.25, 0.3) is 0 Å². The number of anilines is 1. The first kappa shape index (κ1) is 23.6. The van der Waals surface area contributed by atoms with E-state index in [9.17, 15) is 4.79 Å². The van der Waals surface area contributed by atoms with E-state index >= 15 is 0 Å². The third-order valence-electron chi connectivity index (χ3n) is 5.40. The fourth-order valence-electron chi connectivity index (χ4n) is 3.78. The third-order valence-corrected chi connectivity index (χ3v) is 5.40. The zero-order valence-corrected chi connectivity index (χ0v) is 20.7. The van der Waals surface area contributed by atoms with Gasteiger partial charge < -0.3 is 15.0 Å². The zero-order valence-electron chi connectivity index (χ0n) is 20.7. The molecule has 0 radical (unpaired) electrons. The normalized spacial score (nSPS) is 12.0. The summed E-state index contributed by atoms with van der Waals surface area (Å²) >= 11 is 0. The molecule has 0 saturated carbocycles. The SMILES string of the molecule is Cc1cccc2c(NCCCN(C)C)nc(-c3ccc4c(cnn4C(=O)OC(C)(C)C)c3)nc12. The minimum atomic E-state index is -0.595. The molecule has 0 atom stereocenters. The standard InChI is InChI=1S/C26H32N6O2/c1-17-9-7-10-20-22(17)29-23(30-24(20)27-13-8-14-31(5)6)18-11-12-21-19(15-18)16-28-32(21)25(33)34-26(2,3)4/h7,9-12,15-16H,8,13-14H2,1-6H3,(H,27,29,30). The van der Waals surface area contributed by atoms with Crippen LogP contribution in [0.15, 0.2) is 42.6 Å². The second-order valence-electron chi connectivity index (χ2n) is 9.76. The van der Waals surface area contributed by atoms with Crippen LogP contribution in [0.1, 0.15) is 32.8 Å². The van der Waals surface area contributed by atoms with Crippen molar-refractivity contribution in [1.82, 2.24) is 24.6 Å². The number of fused-ring (bicyclic) bond motifs is 2. The monoisotopic (exact) mass is 460 g/mol. The number of hydrogen-bond donors (Lipinski definition) is 1. The number of ether oxygens (including phenoxy) is 1. The van der Waals surface area contributed by atoms with Crippen LogP contribution in [-0.2, 0) is 4.74 Å². The van der Waals surface area contributed by atoms with Crippen molar-refractivity contribution in [2.75, 3.05) is 32.5 Å². The van der Waals surface area contributed by atoms with Crippen molar-refractivity contribution < 1.29 is 9.53 Å². The van der Waals surface area contributed by atoms with E-state index in [1.165, 1.54) is 4.68 Å². The average molecular weight is 461 g/mol. The van der Waals surface area contributed by atoms with Gasteiger partial charge in [0.2, 0.25) is 0 Å². The number of carbonyl (C=O) groups excluding carboxylic acids is 1. The highest BCUT2D eigenvalue weighted by molar-refractivity contribution is 5.94. The Labute approximate surface area is 199 Å². The Kier molecular flexibility index (Phi) is 6.52. The molecule has 34 heavy (non-hydrogen) atoms. The van der Waals surface area contributed by atoms with Gasteiger partial charge >= 0.3 is 6.09 Å². The van der Waals surface area contributed by atoms with Gasteiger partial charge in [0.15, 0.2) is 5.82 Å². The van der Waals surface area contributed by atoms with Crippen LogP contribution in [0.3, 0.4) is 0 Å². The van der Waals surface area contributed by atoms with E-state index in [4.69, 9.17) is 14.7 Å². The number of aromatic nitrogens is 4. The van der Waals surface area contributed by atoms with Crippen molar-refractivity contribution in [3.63, 3.8) is 0 Å². The average Bonchev–Trinajstić information content (AvgIpc) is 3.19. The largest absolute Gasteiger partial charge is 0.442 e. The first-order valence-corrected chi connectivity index (χ1v) is 11.5. The minimum Gasteiger partial charge on any atom is -0.442 e. The molecule has 0 saturated heterocycles. The van der Waals surface area contributed by atoms with E-state index in [-0.39, 0.29) is 0 Å². The lowest BCUT2D eigenvalue weighted by atomic mass is 10.1. The second-order valence-corrected chi connectivity index (χ2v) is 9.76. The molecule has 0 aliphatic carbocycles. The van der Waals surface area contributed by atoms with Gasteiger partial charge in [-0.1, -0.05) is 12.1 Å². The van der Waals surface area contributed by atoms with Gasteiger partial charge in [-0.25, -0.2) is 14.8 Å². The van der Waals surface area contributed by atoms with Crippen LogP contribution in [0.2, 0.25) is 0 Å². The van der Waals surface area contributed by atoms with Gasteiger partial charge in [0.05, 0.1) is 17.2 Å². The highest BCUT2D eigenvalue weighted by atomic mass is 16.6. The lowest BCUT2D eigenvalue weighted by Crippen LogP contribution is -2.27. The Bertz CT molecular complexity index is 1340. The number of para-hydroxylation sites is 1. The van der Waals surface area contributed by atoms with Crippen LogP contribution in [0, 0.1) is 6.92 Å². The maximum Gasteiger partial charge on any atom is 0.435 e. The first-order chi connectivity index (χ1) is 16.1. The van der Waals surface area contributed by atoms with Crippen molar-refractivity contribution in [2.24, 2.45) is 0 Å². The summed E-state index contributed by atoms with van der Waals surface area (Å²) in [5, 5.41) is 9.57. The molecule has 0 fully saturated rings. The minimum absolute atomic E-state index is 0.503. The molecule has 2 aromatic carbocycles. The number of carbonyl (C=O) groups is 1. The predicted octanol–water partition coefficient (Wildman–Crippen LogP) is 5.10. The lowest BCUT2D eigenvalue weighted by Gasteiger charge is -2.19. The van der Waals surface area contributed by atoms with Crippen molar-refractivity contribution in [1.29, 1.82) is 0 Å². The fraction of sp³-hybridized carbons (Fsp3) is 0.385. The summed E-state index contributed by atoms with van der Waals surface area (Å²) in [5.74, 6) is 1.45. The summed E-state index contributed by atoms with van der Waals surface area (Å²) in [5.41, 5.74) is 2.96. The highest BCUT2D eigenvalue weighted by Gasteiger charge is 2.20. The van der Waals surface area contributed by atoms with Crippen LogP contribution in [0.5, 0.6) is 0 Å². The van der Waals surface area contributed by atoms with Gasteiger partial charge in [-0.3, -0.25) is 0 Å². The number of benzene rings is 2. The smallest absolute Gasteiger partial charge is 0.435 e. The van der Waals surface area contributed by atoms with Crippen LogP contribution >= 0.6 is 0 Å². The fourth-order valence-corrected chi connectivity index (χ4v) is 3.78. The van der Waals surface area contributed by atoms with Crippen molar-refractivity contribution >= 4 is 33.7 Å². The zero-order chi connectivity index (χ0) is 24.5. The van der Waals surface area contributed by atoms with Crippen LogP contribution in [-0.4, -0.2) is 63.5 Å². The molecule has 0 spiro atoms. The Balaban J connectivity index is 1.70. The van der Waals surface area contributed by atoms with E-state index in [1.54, 1.807) is 6.20 Å². The topological polar surface area (TPSA) is 85.2 Å². The van der Waals surface area contributed by atoms with Gasteiger partial charge in [-0.05, 0) is 84.6 Å². The highest BCUT2D eigenvalue weighted by Crippen LogP contribution is 2.29. The molecule has 0 aliphatic heterocycles. The molecular weight excluding hydrogens is 428 g/mol. The Morgan fingerprint density at radius 3 is 2.68 bits per heavy atom. The summed E-state index contributed by atoms with van der Waals surface area (Å²) in [4.78, 5) is 24.4. The van der Waals surface area contributed by atoms with E-state index in [1.807, 2.05) is 45.0 Å². The van der Waals surface area contributed by atoms with E-state index in [0.29, 0.717) is 11.3 Å². The molecule has 0 amide bonds. The van der Waals surface area contributed by atoms with Crippen LogP contribution in [0.4, 0.5) is 10.6 Å². The summed E-state index contributed by atoms with van der Waals surface area (Å²) in [6, 6.07) is 11.9. The van der Waals surface area contributed by atoms with Gasteiger partial charge in [0.1, 0.15) is 11.4 Å². The quantitative estimate of drug-likeness (QED) is 0.401. The number of nitrogens with zero attached hydrogens (tertiary/aromatic N) is 5. The van der Waals surface area contributed by atoms with Gasteiger partial charge in [-0.2, -0.15) is 9.78 Å². The first-order valence-electron chi connectivity index (χ1n) is 11.5. The Hall–Kier alpha value is -3.52. The number of aryl methyl sites for hydroxylation is 1. The summed E-state index contributed by atoms with van der Waals surface area (Å²) in [7, 11) is 4.14. The second kappa shape index (κ2) is 9.38. The maximum absolute atomic E-state index is 12.5. The number of hydrogen-bond acceptors (Lipinski definition) is 7. The molecule has 0 bridgehead atoms. The molecule has 0 unspecified atom stereocenters. The van der Waals surface area contributed by atoms with Crippen molar-refractivity contribution in [2.45, 2.75) is 39.7 Å². The predicted molar refractivity (Wildman–Crippen MR) is 136 cm³/mol. The van der Waals surface area contributed by atoms with E-state index in [0.717, 1.165) is 52.7 Å². The summed E-state index contributed by atoms with van der Waals surface area (Å²) < 4.78 is 6.75. The molecule has 0 aliphatic rings. The van der Waals surface area contributed by atoms with Crippen LogP contribution < -0.4 is 5.32 Å². The number of nitrogens with one attached hydrogen (secondary N) is 1. The maximum atomic E-state index is 12.5. The van der Waals surface area contributed by atoms with E-state index in [2.05, 4.69) is 48.5 Å². The molecule has 4 aromatic rings. The van der Waals surface area contributed by atoms with Gasteiger partial charge in [0, 0.05) is 22.9 Å². The summed E-state index contributed by atoms with van der Waals surface area (Å²) in [6.07, 6.45) is 2.17. The Morgan fingerprint density at radius 2 is 1.94 bits per heavy atom. The number of rotatable bonds is 6. The molecule has 4 rings (SSSR count). The lowest BCUT2D eigenvalue weighted by molar-refractivity contribution is 0.0522. The Morgan fingerprint density at radius 1 is 1.15 bits per heavy atom. The third kappa shape index (κ3) is 5.17. The molecule has 8 heteroatoms. The van der Waals surface area contributed by atoms with E-state index < -0.39 is 11.7 Å². The summed E-state index contributed by atoms with van der Waals surface area (Å²) in [6.45, 7) is 9.38. The van der Waals surface area contributed by atoms with Crippen LogP contribution in [0.25, 0.3) is 33.2 Å². The van der Waals surface area contributed by atoms with Gasteiger partial charge in [-0.15, -0.1) is 0 Å².